The summed E-state index contributed by atoms with van der Waals surface area (Å²) in [6.45, 7) is 7.37. The van der Waals surface area contributed by atoms with Gasteiger partial charge in [0.15, 0.2) is 28.1 Å². The Morgan fingerprint density at radius 2 is 1.70 bits per heavy atom. The van der Waals surface area contributed by atoms with Crippen molar-refractivity contribution in [3.8, 4) is 28.7 Å². The van der Waals surface area contributed by atoms with Crippen LogP contribution in [0.4, 0.5) is 5.13 Å². The lowest BCUT2D eigenvalue weighted by Crippen LogP contribution is -2.30. The largest absolute Gasteiger partial charge is 0.490 e. The lowest BCUT2D eigenvalue weighted by Gasteiger charge is -2.22. The highest BCUT2D eigenvalue weighted by molar-refractivity contribution is 7.22. The third kappa shape index (κ3) is 5.10. The van der Waals surface area contributed by atoms with Crippen LogP contribution in [0, 0.1) is 0 Å². The Kier molecular flexibility index (Phi) is 7.27. The van der Waals surface area contributed by atoms with E-state index in [1.165, 1.54) is 11.3 Å². The van der Waals surface area contributed by atoms with Gasteiger partial charge >= 0.3 is 0 Å². The van der Waals surface area contributed by atoms with Crippen LogP contribution in [0.5, 0.6) is 28.7 Å². The van der Waals surface area contributed by atoms with Crippen LogP contribution in [0.1, 0.15) is 36.7 Å². The lowest BCUT2D eigenvalue weighted by molar-refractivity contribution is 0.0984. The molecule has 2 aromatic carbocycles. The number of carbonyl (C=O) groups is 1. The number of anilines is 1. The molecule has 10 heteroatoms. The first-order chi connectivity index (χ1) is 18.1. The summed E-state index contributed by atoms with van der Waals surface area (Å²) in [6, 6.07) is 10.9. The van der Waals surface area contributed by atoms with Gasteiger partial charge in [0.25, 0.3) is 5.91 Å². The van der Waals surface area contributed by atoms with Gasteiger partial charge in [-0.05, 0) is 44.5 Å². The number of fused-ring (bicyclic) bond motifs is 2. The molecular weight excluding hydrogens is 494 g/mol. The van der Waals surface area contributed by atoms with Crippen LogP contribution in [0.3, 0.4) is 0 Å². The Bertz CT molecular complexity index is 1340. The molecule has 9 nitrogen and oxygen atoms in total. The minimum Gasteiger partial charge on any atom is -0.490 e. The number of amides is 1. The standard InChI is InChI=1S/C27H27N3O6S/c1-4-32-22-10-18(11-23(33-5-2)25(22)34-6-3)26(31)30(15-17-8-7-9-28-14-17)27-29-19-12-20-21(36-16-35-20)13-24(19)37-27/h7-14H,4-6,15-16H2,1-3H3. The van der Waals surface area contributed by atoms with E-state index >= 15 is 0 Å². The smallest absolute Gasteiger partial charge is 0.260 e. The van der Waals surface area contributed by atoms with Crippen LogP contribution < -0.4 is 28.6 Å². The van der Waals surface area contributed by atoms with Gasteiger partial charge in [0.2, 0.25) is 12.5 Å². The summed E-state index contributed by atoms with van der Waals surface area (Å²) in [7, 11) is 0. The van der Waals surface area contributed by atoms with Gasteiger partial charge in [0, 0.05) is 30.1 Å². The maximum absolute atomic E-state index is 14.1. The predicted molar refractivity (Wildman–Crippen MR) is 140 cm³/mol. The van der Waals surface area contributed by atoms with Gasteiger partial charge < -0.3 is 23.7 Å². The molecule has 1 aliphatic rings. The van der Waals surface area contributed by atoms with Crippen LogP contribution in [0.2, 0.25) is 0 Å². The van der Waals surface area contributed by atoms with Crippen LogP contribution in [0.25, 0.3) is 10.2 Å². The topological polar surface area (TPSA) is 92.2 Å². The molecule has 0 saturated heterocycles. The minimum absolute atomic E-state index is 0.188. The molecule has 1 aliphatic heterocycles. The van der Waals surface area contributed by atoms with Gasteiger partial charge in [-0.15, -0.1) is 0 Å². The highest BCUT2D eigenvalue weighted by atomic mass is 32.1. The number of pyridine rings is 1. The second-order valence-corrected chi connectivity index (χ2v) is 9.03. The van der Waals surface area contributed by atoms with Crippen molar-refractivity contribution >= 4 is 32.6 Å². The number of thiazole rings is 1. The van der Waals surface area contributed by atoms with Gasteiger partial charge in [-0.3, -0.25) is 14.7 Å². The second kappa shape index (κ2) is 10.9. The van der Waals surface area contributed by atoms with Crippen LogP contribution in [-0.4, -0.2) is 42.5 Å². The van der Waals surface area contributed by atoms with E-state index in [1.54, 1.807) is 29.4 Å². The molecule has 0 spiro atoms. The molecule has 192 valence electrons. The molecule has 0 atom stereocenters. The molecule has 0 radical (unpaired) electrons. The Morgan fingerprint density at radius 3 is 2.35 bits per heavy atom. The molecule has 3 heterocycles. The molecule has 0 bridgehead atoms. The van der Waals surface area contributed by atoms with Crippen molar-refractivity contribution in [1.82, 2.24) is 9.97 Å². The second-order valence-electron chi connectivity index (χ2n) is 8.02. The zero-order valence-corrected chi connectivity index (χ0v) is 21.7. The fraction of sp³-hybridized carbons (Fsp3) is 0.296. The summed E-state index contributed by atoms with van der Waals surface area (Å²) >= 11 is 1.40. The summed E-state index contributed by atoms with van der Waals surface area (Å²) in [5.74, 6) is 2.44. The molecule has 1 amide bonds. The Balaban J connectivity index is 1.59. The molecule has 5 rings (SSSR count). The van der Waals surface area contributed by atoms with Gasteiger partial charge in [-0.2, -0.15) is 0 Å². The number of benzene rings is 2. The van der Waals surface area contributed by atoms with E-state index in [0.29, 0.717) is 59.3 Å². The average molecular weight is 522 g/mol. The van der Waals surface area contributed by atoms with Crippen molar-refractivity contribution in [3.05, 3.63) is 59.9 Å². The maximum Gasteiger partial charge on any atom is 0.260 e. The van der Waals surface area contributed by atoms with E-state index in [1.807, 2.05) is 45.0 Å². The highest BCUT2D eigenvalue weighted by Crippen LogP contribution is 2.42. The van der Waals surface area contributed by atoms with Gasteiger partial charge in [0.05, 0.1) is 36.6 Å². The summed E-state index contributed by atoms with van der Waals surface area (Å²) in [6.07, 6.45) is 3.43. The highest BCUT2D eigenvalue weighted by Gasteiger charge is 2.26. The molecule has 0 saturated carbocycles. The van der Waals surface area contributed by atoms with Crippen LogP contribution >= 0.6 is 11.3 Å². The quantitative estimate of drug-likeness (QED) is 0.272. The van der Waals surface area contributed by atoms with Crippen molar-refractivity contribution < 1.29 is 28.5 Å². The SMILES string of the molecule is CCOc1cc(C(=O)N(Cc2cccnc2)c2nc3cc4c(cc3s2)OCO4)cc(OCC)c1OCC. The first kappa shape index (κ1) is 24.6. The Hall–Kier alpha value is -4.05. The summed E-state index contributed by atoms with van der Waals surface area (Å²) in [4.78, 5) is 24.7. The van der Waals surface area contributed by atoms with Crippen LogP contribution in [-0.2, 0) is 6.54 Å². The lowest BCUT2D eigenvalue weighted by atomic mass is 10.1. The third-order valence-corrected chi connectivity index (χ3v) is 6.61. The zero-order chi connectivity index (χ0) is 25.8. The van der Waals surface area contributed by atoms with Crippen LogP contribution in [0.15, 0.2) is 48.8 Å². The van der Waals surface area contributed by atoms with Crippen molar-refractivity contribution in [2.45, 2.75) is 27.3 Å². The first-order valence-corrected chi connectivity index (χ1v) is 12.9. The van der Waals surface area contributed by atoms with Crippen molar-refractivity contribution in [1.29, 1.82) is 0 Å². The van der Waals surface area contributed by atoms with E-state index in [4.69, 9.17) is 28.7 Å². The maximum atomic E-state index is 14.1. The number of hydrogen-bond acceptors (Lipinski definition) is 9. The predicted octanol–water partition coefficient (Wildman–Crippen LogP) is 5.46. The number of aromatic nitrogens is 2. The van der Waals surface area contributed by atoms with E-state index in [2.05, 4.69) is 4.98 Å². The van der Waals surface area contributed by atoms with E-state index < -0.39 is 0 Å². The zero-order valence-electron chi connectivity index (χ0n) is 20.9. The molecule has 4 aromatic rings. The summed E-state index contributed by atoms with van der Waals surface area (Å²) in [5.41, 5.74) is 1.99. The molecule has 37 heavy (non-hydrogen) atoms. The van der Waals surface area contributed by atoms with E-state index in [0.717, 1.165) is 15.8 Å². The van der Waals surface area contributed by atoms with E-state index in [-0.39, 0.29) is 19.2 Å². The number of ether oxygens (including phenoxy) is 5. The first-order valence-electron chi connectivity index (χ1n) is 12.1. The van der Waals surface area contributed by atoms with Crippen molar-refractivity contribution in [2.75, 3.05) is 31.5 Å². The molecular formula is C27H27N3O6S. The number of rotatable bonds is 10. The number of carbonyl (C=O) groups excluding carboxylic acids is 1. The van der Waals surface area contributed by atoms with Gasteiger partial charge in [-0.1, -0.05) is 17.4 Å². The fourth-order valence-electron chi connectivity index (χ4n) is 3.99. The summed E-state index contributed by atoms with van der Waals surface area (Å²) in [5, 5.41) is 0.539. The number of nitrogens with zero attached hydrogens (tertiary/aromatic N) is 3. The third-order valence-electron chi connectivity index (χ3n) is 5.57. The molecule has 0 unspecified atom stereocenters. The molecule has 2 aromatic heterocycles. The number of hydrogen-bond donors (Lipinski definition) is 0. The summed E-state index contributed by atoms with van der Waals surface area (Å²) < 4.78 is 29.4. The Labute approximate surface area is 218 Å². The van der Waals surface area contributed by atoms with Crippen molar-refractivity contribution in [3.63, 3.8) is 0 Å². The van der Waals surface area contributed by atoms with Gasteiger partial charge in [0.1, 0.15) is 0 Å². The minimum atomic E-state index is -0.257. The fourth-order valence-corrected chi connectivity index (χ4v) is 4.96. The van der Waals surface area contributed by atoms with Crippen molar-refractivity contribution in [2.24, 2.45) is 0 Å². The molecule has 0 N–H and O–H groups in total. The van der Waals surface area contributed by atoms with Gasteiger partial charge in [-0.25, -0.2) is 4.98 Å². The average Bonchev–Trinajstić information content (AvgIpc) is 3.54. The van der Waals surface area contributed by atoms with E-state index in [9.17, 15) is 4.79 Å². The monoisotopic (exact) mass is 521 g/mol. The molecule has 0 fully saturated rings. The molecule has 0 aliphatic carbocycles. The Morgan fingerprint density at radius 1 is 1.00 bits per heavy atom. The normalized spacial score (nSPS) is 12.0.